The van der Waals surface area contributed by atoms with Crippen molar-refractivity contribution in [1.82, 2.24) is 10.6 Å². The molecule has 0 radical (unpaired) electrons. The molecule has 35 heavy (non-hydrogen) atoms. The van der Waals surface area contributed by atoms with Gasteiger partial charge in [0.2, 0.25) is 17.6 Å². The summed E-state index contributed by atoms with van der Waals surface area (Å²) in [5, 5.41) is 5.06. The summed E-state index contributed by atoms with van der Waals surface area (Å²) >= 11 is 11.9. The number of ketones is 1. The van der Waals surface area contributed by atoms with E-state index < -0.39 is 41.8 Å². The van der Waals surface area contributed by atoms with Crippen LogP contribution in [-0.4, -0.2) is 35.9 Å². The van der Waals surface area contributed by atoms with Crippen molar-refractivity contribution in [2.75, 3.05) is 0 Å². The Labute approximate surface area is 212 Å². The van der Waals surface area contributed by atoms with Crippen LogP contribution in [0.1, 0.15) is 37.8 Å². The Morgan fingerprint density at radius 3 is 2.17 bits per heavy atom. The monoisotopic (exact) mass is 530 g/mol. The van der Waals surface area contributed by atoms with Gasteiger partial charge >= 0.3 is 6.43 Å². The Balaban J connectivity index is 2.14. The average molecular weight is 531 g/mol. The normalized spacial score (nSPS) is 13.9. The lowest BCUT2D eigenvalue weighted by Crippen LogP contribution is -2.60. The van der Waals surface area contributed by atoms with Gasteiger partial charge in [0.25, 0.3) is 5.78 Å². The molecule has 0 fully saturated rings. The van der Waals surface area contributed by atoms with Crippen LogP contribution in [0, 0.1) is 5.92 Å². The lowest BCUT2D eigenvalue weighted by Gasteiger charge is -2.30. The topological polar surface area (TPSA) is 75.3 Å². The van der Waals surface area contributed by atoms with E-state index in [2.05, 4.69) is 5.32 Å². The van der Waals surface area contributed by atoms with Gasteiger partial charge in [0.1, 0.15) is 6.04 Å². The second-order valence-electron chi connectivity index (χ2n) is 8.41. The number of rotatable bonds is 12. The first-order valence-corrected chi connectivity index (χ1v) is 11.8. The van der Waals surface area contributed by atoms with E-state index in [0.29, 0.717) is 22.9 Å². The summed E-state index contributed by atoms with van der Waals surface area (Å²) in [4.78, 5) is 37.3. The molecule has 2 amide bonds. The molecule has 0 aliphatic carbocycles. The highest BCUT2D eigenvalue weighted by Gasteiger charge is 2.48. The first-order chi connectivity index (χ1) is 16.4. The molecule has 0 aromatic heterocycles. The van der Waals surface area contributed by atoms with Gasteiger partial charge in [0.05, 0.1) is 10.0 Å². The zero-order chi connectivity index (χ0) is 26.2. The number of carbonyl (C=O) groups is 3. The fraction of sp³-hybridized carbons (Fsp3) is 0.400. The van der Waals surface area contributed by atoms with E-state index in [1.807, 2.05) is 23.5 Å². The Morgan fingerprint density at radius 1 is 0.943 bits per heavy atom. The number of hydrogen-bond donors (Lipinski definition) is 2. The van der Waals surface area contributed by atoms with Crippen LogP contribution in [0.3, 0.4) is 0 Å². The van der Waals surface area contributed by atoms with E-state index >= 15 is 4.39 Å². The van der Waals surface area contributed by atoms with E-state index in [1.54, 1.807) is 30.3 Å². The highest BCUT2D eigenvalue weighted by atomic mass is 35.5. The maximum Gasteiger partial charge on any atom is 0.301 e. The van der Waals surface area contributed by atoms with Crippen LogP contribution in [0.4, 0.5) is 13.2 Å². The summed E-state index contributed by atoms with van der Waals surface area (Å²) in [7, 11) is 0. The van der Waals surface area contributed by atoms with E-state index in [9.17, 15) is 23.2 Å². The van der Waals surface area contributed by atoms with Crippen LogP contribution >= 0.6 is 23.2 Å². The number of carbonyl (C=O) groups excluding carboxylic acids is 3. The van der Waals surface area contributed by atoms with Crippen molar-refractivity contribution in [3.63, 3.8) is 0 Å². The van der Waals surface area contributed by atoms with Crippen molar-refractivity contribution in [1.29, 1.82) is 0 Å². The minimum absolute atomic E-state index is 0.0198. The largest absolute Gasteiger partial charge is 0.344 e. The van der Waals surface area contributed by atoms with Crippen molar-refractivity contribution >= 4 is 40.8 Å². The Bertz CT molecular complexity index is 1040. The first-order valence-electron chi connectivity index (χ1n) is 11.0. The van der Waals surface area contributed by atoms with Gasteiger partial charge in [-0.1, -0.05) is 73.4 Å². The molecule has 2 aromatic rings. The molecule has 0 saturated heterocycles. The van der Waals surface area contributed by atoms with Gasteiger partial charge in [-0.15, -0.1) is 0 Å². The third kappa shape index (κ3) is 8.25. The third-order valence-corrected chi connectivity index (χ3v) is 6.24. The number of Topliss-reactive ketones (excluding diaryl/α,β-unsaturated/α-hetero) is 1. The van der Waals surface area contributed by atoms with Gasteiger partial charge < -0.3 is 10.6 Å². The quantitative estimate of drug-likeness (QED) is 0.365. The molecule has 2 rings (SSSR count). The van der Waals surface area contributed by atoms with Gasteiger partial charge in [-0.25, -0.2) is 13.2 Å². The predicted molar refractivity (Wildman–Crippen MR) is 129 cm³/mol. The van der Waals surface area contributed by atoms with Crippen LogP contribution in [0.15, 0.2) is 48.5 Å². The molecule has 0 aliphatic rings. The van der Waals surface area contributed by atoms with Crippen LogP contribution in [0.5, 0.6) is 0 Å². The maximum atomic E-state index is 15.2. The molecule has 10 heteroatoms. The highest BCUT2D eigenvalue weighted by Crippen LogP contribution is 2.25. The Hall–Kier alpha value is -2.58. The summed E-state index contributed by atoms with van der Waals surface area (Å²) in [6.07, 6.45) is -2.93. The lowest BCUT2D eigenvalue weighted by atomic mass is 9.95. The number of nitrogens with one attached hydrogen (secondary N) is 2. The zero-order valence-electron chi connectivity index (χ0n) is 19.3. The number of halogens is 5. The van der Waals surface area contributed by atoms with Crippen LogP contribution in [0.2, 0.25) is 10.0 Å². The third-order valence-electron chi connectivity index (χ3n) is 5.50. The molecule has 2 aromatic carbocycles. The zero-order valence-corrected chi connectivity index (χ0v) is 20.8. The van der Waals surface area contributed by atoms with Gasteiger partial charge in [0, 0.05) is 12.3 Å². The molecule has 0 bridgehead atoms. The fourth-order valence-electron chi connectivity index (χ4n) is 3.36. The van der Waals surface area contributed by atoms with Gasteiger partial charge in [-0.2, -0.15) is 0 Å². The van der Waals surface area contributed by atoms with E-state index in [0.717, 1.165) is 11.1 Å². The van der Waals surface area contributed by atoms with Crippen molar-refractivity contribution in [2.45, 2.75) is 57.8 Å². The van der Waals surface area contributed by atoms with Gasteiger partial charge in [-0.05, 0) is 42.5 Å². The minimum atomic E-state index is -3.61. The molecule has 5 nitrogen and oxygen atoms in total. The first kappa shape index (κ1) is 28.7. The summed E-state index contributed by atoms with van der Waals surface area (Å²) in [6, 6.07) is 12.7. The number of alkyl halides is 3. The minimum Gasteiger partial charge on any atom is -0.344 e. The highest BCUT2D eigenvalue weighted by molar-refractivity contribution is 6.42. The lowest BCUT2D eigenvalue weighted by molar-refractivity contribution is -0.152. The smallest absolute Gasteiger partial charge is 0.301 e. The molecule has 0 heterocycles. The summed E-state index contributed by atoms with van der Waals surface area (Å²) in [5.41, 5.74) is 1.60. The number of hydrogen-bond acceptors (Lipinski definition) is 3. The van der Waals surface area contributed by atoms with Gasteiger partial charge in [0.15, 0.2) is 0 Å². The number of benzene rings is 2. The molecule has 2 atom stereocenters. The van der Waals surface area contributed by atoms with Crippen molar-refractivity contribution < 1.29 is 27.6 Å². The Kier molecular flexibility index (Phi) is 10.6. The maximum absolute atomic E-state index is 15.2. The Morgan fingerprint density at radius 2 is 1.60 bits per heavy atom. The van der Waals surface area contributed by atoms with Crippen molar-refractivity contribution in [2.24, 2.45) is 5.92 Å². The average Bonchev–Trinajstić information content (AvgIpc) is 2.82. The number of aryl methyl sites for hydroxylation is 2. The summed E-state index contributed by atoms with van der Waals surface area (Å²) < 4.78 is 41.2. The molecule has 0 aliphatic heterocycles. The second kappa shape index (κ2) is 12.9. The van der Waals surface area contributed by atoms with Crippen LogP contribution < -0.4 is 10.6 Å². The standard InChI is InChI=1S/C25H27Cl2F3N2O3/c1-15(2)25(30,22(34)23(28)29)32-24(35)20(12-9-16-6-4-3-5-7-16)31-21(33)13-10-17-8-11-18(26)19(27)14-17/h3-8,11,14-15,20,23H,9-10,12-13H2,1-2H3,(H,31,33)(H,32,35)/t20-,25+/m0/s1. The molecule has 190 valence electrons. The van der Waals surface area contributed by atoms with Crippen LogP contribution in [-0.2, 0) is 27.2 Å². The van der Waals surface area contributed by atoms with E-state index in [1.165, 1.54) is 13.8 Å². The second-order valence-corrected chi connectivity index (χ2v) is 9.23. The van der Waals surface area contributed by atoms with Crippen molar-refractivity contribution in [3.05, 3.63) is 69.7 Å². The molecular formula is C25H27Cl2F3N2O3. The molecule has 0 saturated carbocycles. The SMILES string of the molecule is CC(C)[C@@](F)(NC(=O)[C@H](CCc1ccccc1)NC(=O)CCc1ccc(Cl)c(Cl)c1)C(=O)C(F)F. The van der Waals surface area contributed by atoms with E-state index in [-0.39, 0.29) is 12.8 Å². The fourth-order valence-corrected chi connectivity index (χ4v) is 3.68. The summed E-state index contributed by atoms with van der Waals surface area (Å²) in [6.45, 7) is 2.41. The molecular weight excluding hydrogens is 504 g/mol. The summed E-state index contributed by atoms with van der Waals surface area (Å²) in [5.74, 6) is -8.14. The predicted octanol–water partition coefficient (Wildman–Crippen LogP) is 5.32. The molecule has 2 N–H and O–H groups in total. The molecule has 0 spiro atoms. The van der Waals surface area contributed by atoms with E-state index in [4.69, 9.17) is 23.2 Å². The molecule has 0 unspecified atom stereocenters. The number of amides is 2. The van der Waals surface area contributed by atoms with Crippen molar-refractivity contribution in [3.8, 4) is 0 Å². The van der Waals surface area contributed by atoms with Crippen LogP contribution in [0.25, 0.3) is 0 Å². The van der Waals surface area contributed by atoms with Gasteiger partial charge in [-0.3, -0.25) is 14.4 Å².